The molecule has 1 fully saturated rings. The van der Waals surface area contributed by atoms with Crippen molar-refractivity contribution in [2.24, 2.45) is 0 Å². The van der Waals surface area contributed by atoms with Crippen molar-refractivity contribution in [3.63, 3.8) is 0 Å². The highest BCUT2D eigenvalue weighted by Crippen LogP contribution is 2.18. The quantitative estimate of drug-likeness (QED) is 0.756. The number of carbonyl (C=O) groups excluding carboxylic acids is 1. The van der Waals surface area contributed by atoms with Gasteiger partial charge in [-0.2, -0.15) is 0 Å². The molecule has 1 aromatic heterocycles. The summed E-state index contributed by atoms with van der Waals surface area (Å²) >= 11 is 0. The van der Waals surface area contributed by atoms with Gasteiger partial charge < -0.3 is 15.1 Å². The molecule has 0 saturated carbocycles. The van der Waals surface area contributed by atoms with Crippen LogP contribution in [-0.4, -0.2) is 47.2 Å². The van der Waals surface area contributed by atoms with E-state index < -0.39 is 0 Å². The van der Waals surface area contributed by atoms with Gasteiger partial charge in [-0.05, 0) is 42.5 Å². The van der Waals surface area contributed by atoms with E-state index in [4.69, 9.17) is 0 Å². The zero-order chi connectivity index (χ0) is 19.3. The van der Waals surface area contributed by atoms with E-state index in [2.05, 4.69) is 32.5 Å². The van der Waals surface area contributed by atoms with E-state index in [1.165, 1.54) is 17.8 Å². The second-order valence-corrected chi connectivity index (χ2v) is 6.55. The van der Waals surface area contributed by atoms with E-state index in [0.717, 1.165) is 13.1 Å². The third-order valence-corrected chi connectivity index (χ3v) is 4.67. The maximum Gasteiger partial charge on any atom is 0.274 e. The molecule has 0 atom stereocenters. The molecule has 28 heavy (non-hydrogen) atoms. The van der Waals surface area contributed by atoms with Crippen molar-refractivity contribution in [1.82, 2.24) is 15.1 Å². The van der Waals surface area contributed by atoms with E-state index in [-0.39, 0.29) is 11.7 Å². The first-order chi connectivity index (χ1) is 13.7. The Morgan fingerprint density at radius 1 is 0.893 bits per heavy atom. The minimum Gasteiger partial charge on any atom is -0.368 e. The zero-order valence-electron chi connectivity index (χ0n) is 15.3. The lowest BCUT2D eigenvalue weighted by atomic mass is 10.2. The van der Waals surface area contributed by atoms with Gasteiger partial charge in [0.1, 0.15) is 5.82 Å². The standard InChI is InChI=1S/C21H20FN5O/c22-16-5-4-6-17(15-16)23-20-10-9-19(24-25-20)21(28)27-13-11-26(12-14-27)18-7-2-1-3-8-18/h1-10,15H,11-14H2,(H,23,25). The maximum atomic E-state index is 13.3. The molecule has 0 spiro atoms. The molecule has 1 aliphatic rings. The van der Waals surface area contributed by atoms with Crippen molar-refractivity contribution in [3.05, 3.63) is 78.2 Å². The summed E-state index contributed by atoms with van der Waals surface area (Å²) in [6.07, 6.45) is 0. The summed E-state index contributed by atoms with van der Waals surface area (Å²) in [7, 11) is 0. The predicted molar refractivity (Wildman–Crippen MR) is 106 cm³/mol. The molecule has 1 aliphatic heterocycles. The molecule has 7 heteroatoms. The summed E-state index contributed by atoms with van der Waals surface area (Å²) in [4.78, 5) is 16.8. The summed E-state index contributed by atoms with van der Waals surface area (Å²) in [5.41, 5.74) is 2.05. The molecule has 0 aliphatic carbocycles. The third-order valence-electron chi connectivity index (χ3n) is 4.67. The van der Waals surface area contributed by atoms with E-state index in [1.54, 1.807) is 29.2 Å². The highest BCUT2D eigenvalue weighted by atomic mass is 19.1. The van der Waals surface area contributed by atoms with Crippen LogP contribution in [0.1, 0.15) is 10.5 Å². The Hall–Kier alpha value is -3.48. The van der Waals surface area contributed by atoms with Gasteiger partial charge in [-0.1, -0.05) is 24.3 Å². The highest BCUT2D eigenvalue weighted by molar-refractivity contribution is 5.92. The number of para-hydroxylation sites is 1. The van der Waals surface area contributed by atoms with Crippen LogP contribution in [-0.2, 0) is 0 Å². The lowest BCUT2D eigenvalue weighted by Gasteiger charge is -2.35. The third kappa shape index (κ3) is 4.09. The lowest BCUT2D eigenvalue weighted by molar-refractivity contribution is 0.0739. The molecule has 1 saturated heterocycles. The van der Waals surface area contributed by atoms with E-state index in [0.29, 0.717) is 30.3 Å². The Morgan fingerprint density at radius 3 is 2.36 bits per heavy atom. The number of nitrogens with one attached hydrogen (secondary N) is 1. The number of anilines is 3. The summed E-state index contributed by atoms with van der Waals surface area (Å²) in [5.74, 6) is -0.00651. The normalized spacial score (nSPS) is 14.0. The molecule has 1 N–H and O–H groups in total. The van der Waals surface area contributed by atoms with Crippen LogP contribution < -0.4 is 10.2 Å². The number of aromatic nitrogens is 2. The molecule has 6 nitrogen and oxygen atoms in total. The van der Waals surface area contributed by atoms with Gasteiger partial charge in [0.25, 0.3) is 5.91 Å². The van der Waals surface area contributed by atoms with E-state index in [9.17, 15) is 9.18 Å². The maximum absolute atomic E-state index is 13.3. The van der Waals surface area contributed by atoms with Gasteiger partial charge in [0.15, 0.2) is 11.5 Å². The smallest absolute Gasteiger partial charge is 0.274 e. The summed E-state index contributed by atoms with van der Waals surface area (Å²) < 4.78 is 13.3. The number of nitrogens with zero attached hydrogens (tertiary/aromatic N) is 4. The average Bonchev–Trinajstić information content (AvgIpc) is 2.75. The van der Waals surface area contributed by atoms with Gasteiger partial charge in [-0.25, -0.2) is 4.39 Å². The highest BCUT2D eigenvalue weighted by Gasteiger charge is 2.23. The van der Waals surface area contributed by atoms with Crippen LogP contribution in [0.4, 0.5) is 21.6 Å². The number of hydrogen-bond donors (Lipinski definition) is 1. The minimum absolute atomic E-state index is 0.127. The van der Waals surface area contributed by atoms with Crippen LogP contribution in [0, 0.1) is 5.82 Å². The van der Waals surface area contributed by atoms with Crippen LogP contribution in [0.2, 0.25) is 0 Å². The predicted octanol–water partition coefficient (Wildman–Crippen LogP) is 3.32. The summed E-state index contributed by atoms with van der Waals surface area (Å²) in [6.45, 7) is 2.84. The Kier molecular flexibility index (Phi) is 5.14. The number of halogens is 1. The van der Waals surface area contributed by atoms with Crippen molar-refractivity contribution in [2.75, 3.05) is 36.4 Å². The van der Waals surface area contributed by atoms with Crippen LogP contribution in [0.15, 0.2) is 66.7 Å². The number of piperazine rings is 1. The molecule has 1 amide bonds. The van der Waals surface area contributed by atoms with E-state index in [1.807, 2.05) is 18.2 Å². The molecule has 0 unspecified atom stereocenters. The number of benzene rings is 2. The Morgan fingerprint density at radius 2 is 1.68 bits per heavy atom. The van der Waals surface area contributed by atoms with Gasteiger partial charge in [-0.15, -0.1) is 10.2 Å². The minimum atomic E-state index is -0.334. The Labute approximate surface area is 162 Å². The SMILES string of the molecule is O=C(c1ccc(Nc2cccc(F)c2)nn1)N1CCN(c2ccccc2)CC1. The van der Waals surface area contributed by atoms with Gasteiger partial charge >= 0.3 is 0 Å². The first kappa shape index (κ1) is 17.9. The molecule has 0 bridgehead atoms. The molecule has 4 rings (SSSR count). The Bertz CT molecular complexity index is 941. The van der Waals surface area contributed by atoms with Crippen LogP contribution in [0.3, 0.4) is 0 Å². The van der Waals surface area contributed by atoms with Gasteiger partial charge in [0.05, 0.1) is 0 Å². The second kappa shape index (κ2) is 8.04. The molecule has 2 aromatic carbocycles. The van der Waals surface area contributed by atoms with Crippen LogP contribution in [0.5, 0.6) is 0 Å². The number of rotatable bonds is 4. The summed E-state index contributed by atoms with van der Waals surface area (Å²) in [5, 5.41) is 11.0. The molecule has 2 heterocycles. The van der Waals surface area contributed by atoms with Crippen molar-refractivity contribution in [3.8, 4) is 0 Å². The largest absolute Gasteiger partial charge is 0.368 e. The van der Waals surface area contributed by atoms with Gasteiger partial charge in [-0.3, -0.25) is 4.79 Å². The summed E-state index contributed by atoms with van der Waals surface area (Å²) in [6, 6.07) is 19.6. The molecule has 0 radical (unpaired) electrons. The number of amides is 1. The zero-order valence-corrected chi connectivity index (χ0v) is 15.3. The van der Waals surface area contributed by atoms with Gasteiger partial charge in [0.2, 0.25) is 0 Å². The fourth-order valence-corrected chi connectivity index (χ4v) is 3.20. The monoisotopic (exact) mass is 377 g/mol. The first-order valence-electron chi connectivity index (χ1n) is 9.15. The lowest BCUT2D eigenvalue weighted by Crippen LogP contribution is -2.49. The fraction of sp³-hybridized carbons (Fsp3) is 0.190. The van der Waals surface area contributed by atoms with Crippen molar-refractivity contribution < 1.29 is 9.18 Å². The average molecular weight is 377 g/mol. The number of carbonyl (C=O) groups is 1. The first-order valence-corrected chi connectivity index (χ1v) is 9.15. The topological polar surface area (TPSA) is 61.4 Å². The second-order valence-electron chi connectivity index (χ2n) is 6.55. The van der Waals surface area contributed by atoms with Gasteiger partial charge in [0, 0.05) is 37.6 Å². The van der Waals surface area contributed by atoms with Crippen LogP contribution >= 0.6 is 0 Å². The fourth-order valence-electron chi connectivity index (χ4n) is 3.20. The Balaban J connectivity index is 1.36. The number of hydrogen-bond acceptors (Lipinski definition) is 5. The van der Waals surface area contributed by atoms with Crippen molar-refractivity contribution >= 4 is 23.1 Å². The van der Waals surface area contributed by atoms with Crippen molar-refractivity contribution in [2.45, 2.75) is 0 Å². The van der Waals surface area contributed by atoms with E-state index >= 15 is 0 Å². The molecular formula is C21H20FN5O. The molecular weight excluding hydrogens is 357 g/mol. The molecule has 142 valence electrons. The van der Waals surface area contributed by atoms with Crippen molar-refractivity contribution in [1.29, 1.82) is 0 Å². The van der Waals surface area contributed by atoms with Crippen LogP contribution in [0.25, 0.3) is 0 Å². The molecule has 3 aromatic rings.